The predicted molar refractivity (Wildman–Crippen MR) is 62.0 cm³/mol. The second-order valence-electron chi connectivity index (χ2n) is 3.91. The number of nitrogens with two attached hydrogens (primary N) is 1. The van der Waals surface area contributed by atoms with Gasteiger partial charge in [-0.15, -0.1) is 5.10 Å². The van der Waals surface area contributed by atoms with E-state index in [0.717, 1.165) is 5.56 Å². The van der Waals surface area contributed by atoms with Gasteiger partial charge in [-0.05, 0) is 6.54 Å². The van der Waals surface area contributed by atoms with Crippen molar-refractivity contribution in [2.75, 3.05) is 6.54 Å². The third kappa shape index (κ3) is 2.38. The second kappa shape index (κ2) is 4.96. The number of carboxylic acids is 1. The van der Waals surface area contributed by atoms with Gasteiger partial charge < -0.3 is 10.8 Å². The molecule has 0 fully saturated rings. The summed E-state index contributed by atoms with van der Waals surface area (Å²) in [4.78, 5) is 11.0. The van der Waals surface area contributed by atoms with Crippen LogP contribution in [0.3, 0.4) is 0 Å². The first-order valence-corrected chi connectivity index (χ1v) is 5.45. The molecule has 2 aromatic heterocycles. The summed E-state index contributed by atoms with van der Waals surface area (Å²) in [7, 11) is 1.81. The first-order chi connectivity index (χ1) is 8.61. The molecule has 96 valence electrons. The van der Waals surface area contributed by atoms with Crippen LogP contribution in [0.25, 0.3) is 0 Å². The average molecular weight is 250 g/mol. The van der Waals surface area contributed by atoms with Crippen molar-refractivity contribution in [3.63, 3.8) is 0 Å². The summed E-state index contributed by atoms with van der Waals surface area (Å²) in [5, 5.41) is 20.6. The van der Waals surface area contributed by atoms with E-state index in [2.05, 4.69) is 15.4 Å². The van der Waals surface area contributed by atoms with Crippen LogP contribution < -0.4 is 5.73 Å². The lowest BCUT2D eigenvalue weighted by Crippen LogP contribution is -2.14. The van der Waals surface area contributed by atoms with Crippen LogP contribution in [0.2, 0.25) is 0 Å². The molecular formula is C10H14N6O2. The summed E-state index contributed by atoms with van der Waals surface area (Å²) >= 11 is 0. The lowest BCUT2D eigenvalue weighted by Gasteiger charge is -2.04. The highest BCUT2D eigenvalue weighted by molar-refractivity contribution is 5.86. The first kappa shape index (κ1) is 12.2. The molecule has 0 bridgehead atoms. The largest absolute Gasteiger partial charge is 0.476 e. The molecule has 0 spiro atoms. The maximum atomic E-state index is 11.0. The lowest BCUT2D eigenvalue weighted by atomic mass is 10.2. The number of aromatic carboxylic acids is 1. The van der Waals surface area contributed by atoms with Crippen LogP contribution in [-0.4, -0.2) is 42.4 Å². The number of hydrogen-bond acceptors (Lipinski definition) is 5. The van der Waals surface area contributed by atoms with Crippen molar-refractivity contribution in [2.45, 2.75) is 13.0 Å². The topological polar surface area (TPSA) is 112 Å². The number of nitrogens with zero attached hydrogens (tertiary/aromatic N) is 5. The molecule has 0 aliphatic heterocycles. The molecule has 8 heteroatoms. The number of carboxylic acid groups (broad SMARTS) is 1. The third-order valence-electron chi connectivity index (χ3n) is 2.51. The average Bonchev–Trinajstić information content (AvgIpc) is 2.88. The fourth-order valence-corrected chi connectivity index (χ4v) is 1.74. The standard InChI is InChI=1S/C10H14N6O2/c1-15-5-7(4-12-15)6-16-8(2-3-11)9(10(17)18)13-14-16/h4-5H,2-3,6,11H2,1H3,(H,17,18). The monoisotopic (exact) mass is 250 g/mol. The van der Waals surface area contributed by atoms with E-state index < -0.39 is 5.97 Å². The van der Waals surface area contributed by atoms with E-state index in [1.54, 1.807) is 15.6 Å². The van der Waals surface area contributed by atoms with Crippen molar-refractivity contribution >= 4 is 5.97 Å². The molecule has 3 N–H and O–H groups in total. The Labute approximate surface area is 103 Å². The molecule has 2 heterocycles. The van der Waals surface area contributed by atoms with Crippen molar-refractivity contribution in [1.82, 2.24) is 24.8 Å². The van der Waals surface area contributed by atoms with E-state index in [4.69, 9.17) is 10.8 Å². The molecular weight excluding hydrogens is 236 g/mol. The molecule has 8 nitrogen and oxygen atoms in total. The normalized spacial score (nSPS) is 10.8. The molecule has 0 aromatic carbocycles. The Balaban J connectivity index is 2.29. The zero-order chi connectivity index (χ0) is 13.1. The van der Waals surface area contributed by atoms with Crippen LogP contribution in [0.5, 0.6) is 0 Å². The smallest absolute Gasteiger partial charge is 0.358 e. The van der Waals surface area contributed by atoms with Crippen LogP contribution in [0, 0.1) is 0 Å². The highest BCUT2D eigenvalue weighted by atomic mass is 16.4. The van der Waals surface area contributed by atoms with Crippen LogP contribution in [0.15, 0.2) is 12.4 Å². The van der Waals surface area contributed by atoms with Crippen LogP contribution in [-0.2, 0) is 20.0 Å². The van der Waals surface area contributed by atoms with Crippen molar-refractivity contribution < 1.29 is 9.90 Å². The highest BCUT2D eigenvalue weighted by Gasteiger charge is 2.18. The Kier molecular flexibility index (Phi) is 3.38. The van der Waals surface area contributed by atoms with Crippen molar-refractivity contribution in [3.8, 4) is 0 Å². The van der Waals surface area contributed by atoms with E-state index in [-0.39, 0.29) is 5.69 Å². The van der Waals surface area contributed by atoms with E-state index in [1.165, 1.54) is 0 Å². The maximum Gasteiger partial charge on any atom is 0.358 e. The summed E-state index contributed by atoms with van der Waals surface area (Å²) in [5.74, 6) is -1.09. The van der Waals surface area contributed by atoms with Gasteiger partial charge in [0.1, 0.15) is 0 Å². The van der Waals surface area contributed by atoms with Crippen LogP contribution in [0.4, 0.5) is 0 Å². The van der Waals surface area contributed by atoms with Crippen LogP contribution >= 0.6 is 0 Å². The van der Waals surface area contributed by atoms with Gasteiger partial charge in [0.2, 0.25) is 0 Å². The van der Waals surface area contributed by atoms with Crippen LogP contribution in [0.1, 0.15) is 21.7 Å². The van der Waals surface area contributed by atoms with Crippen molar-refractivity contribution in [2.24, 2.45) is 12.8 Å². The predicted octanol–water partition coefficient (Wildman–Crippen LogP) is -0.741. The minimum Gasteiger partial charge on any atom is -0.476 e. The highest BCUT2D eigenvalue weighted by Crippen LogP contribution is 2.09. The number of rotatable bonds is 5. The van der Waals surface area contributed by atoms with E-state index in [0.29, 0.717) is 25.2 Å². The molecule has 0 atom stereocenters. The zero-order valence-electron chi connectivity index (χ0n) is 9.94. The van der Waals surface area contributed by atoms with Crippen molar-refractivity contribution in [1.29, 1.82) is 0 Å². The number of aromatic nitrogens is 5. The van der Waals surface area contributed by atoms with E-state index >= 15 is 0 Å². The molecule has 0 aliphatic carbocycles. The minimum absolute atomic E-state index is 0.0376. The number of carbonyl (C=O) groups is 1. The summed E-state index contributed by atoms with van der Waals surface area (Å²) in [6, 6.07) is 0. The number of hydrogen-bond donors (Lipinski definition) is 2. The van der Waals surface area contributed by atoms with Gasteiger partial charge >= 0.3 is 5.97 Å². The first-order valence-electron chi connectivity index (χ1n) is 5.45. The quantitative estimate of drug-likeness (QED) is 0.722. The fourth-order valence-electron chi connectivity index (χ4n) is 1.74. The SMILES string of the molecule is Cn1cc(Cn2nnc(C(=O)O)c2CCN)cn1. The summed E-state index contributed by atoms with van der Waals surface area (Å²) < 4.78 is 3.22. The number of aryl methyl sites for hydroxylation is 1. The van der Waals surface area contributed by atoms with Gasteiger partial charge in [-0.3, -0.25) is 4.68 Å². The molecule has 0 aliphatic rings. The van der Waals surface area contributed by atoms with Gasteiger partial charge in [-0.2, -0.15) is 5.10 Å². The Bertz CT molecular complexity index is 558. The molecule has 0 saturated carbocycles. The van der Waals surface area contributed by atoms with Gasteiger partial charge in [0.15, 0.2) is 5.69 Å². The molecule has 2 rings (SSSR count). The summed E-state index contributed by atoms with van der Waals surface area (Å²) in [5.41, 5.74) is 6.90. The lowest BCUT2D eigenvalue weighted by molar-refractivity contribution is 0.0689. The van der Waals surface area contributed by atoms with Gasteiger partial charge in [0.25, 0.3) is 0 Å². The van der Waals surface area contributed by atoms with Gasteiger partial charge in [-0.25, -0.2) is 9.48 Å². The van der Waals surface area contributed by atoms with Crippen molar-refractivity contribution in [3.05, 3.63) is 29.3 Å². The van der Waals surface area contributed by atoms with E-state index in [1.807, 2.05) is 13.2 Å². The maximum absolute atomic E-state index is 11.0. The fraction of sp³-hybridized carbons (Fsp3) is 0.400. The third-order valence-corrected chi connectivity index (χ3v) is 2.51. The van der Waals surface area contributed by atoms with Gasteiger partial charge in [0, 0.05) is 25.2 Å². The molecule has 0 unspecified atom stereocenters. The van der Waals surface area contributed by atoms with Gasteiger partial charge in [-0.1, -0.05) is 5.21 Å². The second-order valence-corrected chi connectivity index (χ2v) is 3.91. The molecule has 2 aromatic rings. The minimum atomic E-state index is -1.09. The molecule has 0 saturated heterocycles. The Morgan fingerprint density at radius 1 is 1.56 bits per heavy atom. The van der Waals surface area contributed by atoms with Gasteiger partial charge in [0.05, 0.1) is 18.4 Å². The molecule has 0 radical (unpaired) electrons. The molecule has 18 heavy (non-hydrogen) atoms. The summed E-state index contributed by atoms with van der Waals surface area (Å²) in [6.07, 6.45) is 3.97. The Hall–Kier alpha value is -2.22. The van der Waals surface area contributed by atoms with E-state index in [9.17, 15) is 4.79 Å². The molecule has 0 amide bonds. The Morgan fingerprint density at radius 3 is 2.89 bits per heavy atom. The summed E-state index contributed by atoms with van der Waals surface area (Å²) in [6.45, 7) is 0.782. The Morgan fingerprint density at radius 2 is 2.33 bits per heavy atom. The zero-order valence-corrected chi connectivity index (χ0v) is 9.94.